The van der Waals surface area contributed by atoms with Crippen LogP contribution in [0.2, 0.25) is 10.0 Å². The molecule has 0 spiro atoms. The van der Waals surface area contributed by atoms with Crippen LogP contribution in [0.15, 0.2) is 48.5 Å². The smallest absolute Gasteiger partial charge is 0.242 e. The number of amides is 2. The largest absolute Gasteiger partial charge is 0.354 e. The number of nitrogens with one attached hydrogen (secondary N) is 1. The number of hydrogen-bond donors (Lipinski definition) is 1. The van der Waals surface area contributed by atoms with Crippen LogP contribution < -0.4 is 5.32 Å². The third-order valence-corrected chi connectivity index (χ3v) is 5.54. The van der Waals surface area contributed by atoms with Gasteiger partial charge in [-0.1, -0.05) is 73.4 Å². The average Bonchev–Trinajstić information content (AvgIpc) is 2.72. The molecule has 0 aromatic heterocycles. The summed E-state index contributed by atoms with van der Waals surface area (Å²) in [6, 6.07) is 14.4. The number of aryl methyl sites for hydroxylation is 1. The van der Waals surface area contributed by atoms with Crippen molar-refractivity contribution < 1.29 is 9.59 Å². The van der Waals surface area contributed by atoms with E-state index >= 15 is 0 Å². The molecule has 29 heavy (non-hydrogen) atoms. The molecule has 156 valence electrons. The number of hydrogen-bond acceptors (Lipinski definition) is 2. The molecule has 0 bridgehead atoms. The van der Waals surface area contributed by atoms with E-state index in [0.29, 0.717) is 36.0 Å². The van der Waals surface area contributed by atoms with E-state index < -0.39 is 6.04 Å². The lowest BCUT2D eigenvalue weighted by Crippen LogP contribution is -2.49. The van der Waals surface area contributed by atoms with Crippen molar-refractivity contribution in [3.05, 3.63) is 69.7 Å². The number of nitrogens with zero attached hydrogens (tertiary/aromatic N) is 1. The summed E-state index contributed by atoms with van der Waals surface area (Å²) in [6.07, 6.45) is 2.15. The lowest BCUT2D eigenvalue weighted by Gasteiger charge is -2.31. The van der Waals surface area contributed by atoms with E-state index in [1.54, 1.807) is 11.0 Å². The molecule has 0 aliphatic heterocycles. The third-order valence-electron chi connectivity index (χ3n) is 4.80. The summed E-state index contributed by atoms with van der Waals surface area (Å²) >= 11 is 12.6. The molecular weight excluding hydrogens is 407 g/mol. The standard InChI is InChI=1S/C23H28Cl2N2O2/c1-3-15-26-23(29)21(4-2)27(16-18-10-6-8-12-20(18)25)22(28)14-13-17-9-5-7-11-19(17)24/h5-12,21H,3-4,13-16H2,1-2H3,(H,26,29)/t21-/m1/s1. The molecule has 2 amide bonds. The van der Waals surface area contributed by atoms with E-state index in [1.165, 1.54) is 0 Å². The summed E-state index contributed by atoms with van der Waals surface area (Å²) < 4.78 is 0. The summed E-state index contributed by atoms with van der Waals surface area (Å²) in [7, 11) is 0. The topological polar surface area (TPSA) is 49.4 Å². The van der Waals surface area contributed by atoms with Crippen molar-refractivity contribution in [2.45, 2.75) is 52.1 Å². The minimum Gasteiger partial charge on any atom is -0.354 e. The monoisotopic (exact) mass is 434 g/mol. The van der Waals surface area contributed by atoms with Crippen molar-refractivity contribution in [3.63, 3.8) is 0 Å². The quantitative estimate of drug-likeness (QED) is 0.554. The van der Waals surface area contributed by atoms with Crippen LogP contribution in [0, 0.1) is 0 Å². The van der Waals surface area contributed by atoms with Gasteiger partial charge in [0.2, 0.25) is 11.8 Å². The summed E-state index contributed by atoms with van der Waals surface area (Å²) in [5.41, 5.74) is 1.74. The van der Waals surface area contributed by atoms with E-state index in [2.05, 4.69) is 5.32 Å². The number of benzene rings is 2. The van der Waals surface area contributed by atoms with Gasteiger partial charge in [-0.05, 0) is 42.5 Å². The minimum atomic E-state index is -0.545. The van der Waals surface area contributed by atoms with Gasteiger partial charge < -0.3 is 10.2 Å². The molecular formula is C23H28Cl2N2O2. The van der Waals surface area contributed by atoms with Crippen molar-refractivity contribution in [2.24, 2.45) is 0 Å². The maximum absolute atomic E-state index is 13.2. The summed E-state index contributed by atoms with van der Waals surface area (Å²) in [6.45, 7) is 4.79. The molecule has 0 heterocycles. The van der Waals surface area contributed by atoms with Gasteiger partial charge in [-0.3, -0.25) is 9.59 Å². The number of rotatable bonds is 10. The number of carbonyl (C=O) groups excluding carboxylic acids is 2. The number of halogens is 2. The first-order chi connectivity index (χ1) is 14.0. The highest BCUT2D eigenvalue weighted by Crippen LogP contribution is 2.22. The molecule has 6 heteroatoms. The third kappa shape index (κ3) is 6.76. The first-order valence-corrected chi connectivity index (χ1v) is 10.8. The van der Waals surface area contributed by atoms with E-state index in [9.17, 15) is 9.59 Å². The van der Waals surface area contributed by atoms with Crippen LogP contribution >= 0.6 is 23.2 Å². The van der Waals surface area contributed by atoms with Crippen LogP contribution in [0.4, 0.5) is 0 Å². The Hall–Kier alpha value is -2.04. The molecule has 1 atom stereocenters. The maximum Gasteiger partial charge on any atom is 0.242 e. The van der Waals surface area contributed by atoms with E-state index in [-0.39, 0.29) is 18.2 Å². The SMILES string of the molecule is CCCNC(=O)[C@@H](CC)N(Cc1ccccc1Cl)C(=O)CCc1ccccc1Cl. The zero-order valence-electron chi connectivity index (χ0n) is 17.0. The van der Waals surface area contributed by atoms with Gasteiger partial charge in [0.05, 0.1) is 0 Å². The zero-order chi connectivity index (χ0) is 21.2. The Kier molecular flexibility index (Phi) is 9.49. The van der Waals surface area contributed by atoms with Crippen molar-refractivity contribution in [2.75, 3.05) is 6.54 Å². The molecule has 1 N–H and O–H groups in total. The molecule has 2 aromatic rings. The molecule has 0 radical (unpaired) electrons. The van der Waals surface area contributed by atoms with Crippen LogP contribution in [0.5, 0.6) is 0 Å². The lowest BCUT2D eigenvalue weighted by atomic mass is 10.1. The van der Waals surface area contributed by atoms with Gasteiger partial charge >= 0.3 is 0 Å². The molecule has 0 unspecified atom stereocenters. The fourth-order valence-corrected chi connectivity index (χ4v) is 3.61. The highest BCUT2D eigenvalue weighted by atomic mass is 35.5. The maximum atomic E-state index is 13.2. The van der Waals surface area contributed by atoms with Crippen molar-refractivity contribution in [3.8, 4) is 0 Å². The van der Waals surface area contributed by atoms with Gasteiger partial charge in [-0.2, -0.15) is 0 Å². The predicted octanol–water partition coefficient (Wildman–Crippen LogP) is 5.26. The Labute approximate surface area is 183 Å². The molecule has 0 aliphatic rings. The van der Waals surface area contributed by atoms with Crippen LogP contribution in [0.25, 0.3) is 0 Å². The minimum absolute atomic E-state index is 0.0941. The van der Waals surface area contributed by atoms with Gasteiger partial charge in [-0.15, -0.1) is 0 Å². The molecule has 2 rings (SSSR count). The highest BCUT2D eigenvalue weighted by molar-refractivity contribution is 6.31. The molecule has 4 nitrogen and oxygen atoms in total. The van der Waals surface area contributed by atoms with Gasteiger partial charge in [0.1, 0.15) is 6.04 Å². The van der Waals surface area contributed by atoms with E-state index in [0.717, 1.165) is 17.5 Å². The Morgan fingerprint density at radius 1 is 0.966 bits per heavy atom. The summed E-state index contributed by atoms with van der Waals surface area (Å²) in [5, 5.41) is 4.14. The normalized spacial score (nSPS) is 11.7. The highest BCUT2D eigenvalue weighted by Gasteiger charge is 2.28. The lowest BCUT2D eigenvalue weighted by molar-refractivity contribution is -0.141. The van der Waals surface area contributed by atoms with Gasteiger partial charge in [0, 0.05) is 29.6 Å². The van der Waals surface area contributed by atoms with Gasteiger partial charge in [-0.25, -0.2) is 0 Å². The molecule has 0 fully saturated rings. The Bertz CT molecular complexity index is 826. The molecule has 0 aliphatic carbocycles. The van der Waals surface area contributed by atoms with Crippen LogP contribution in [0.1, 0.15) is 44.2 Å². The molecule has 0 saturated heterocycles. The Morgan fingerprint density at radius 2 is 1.55 bits per heavy atom. The molecule has 2 aromatic carbocycles. The molecule has 0 saturated carbocycles. The first-order valence-electron chi connectivity index (χ1n) is 10.0. The number of carbonyl (C=O) groups is 2. The van der Waals surface area contributed by atoms with E-state index in [1.807, 2.05) is 56.3 Å². The van der Waals surface area contributed by atoms with Crippen LogP contribution in [-0.4, -0.2) is 29.3 Å². The summed E-state index contributed by atoms with van der Waals surface area (Å²) in [4.78, 5) is 27.5. The van der Waals surface area contributed by atoms with E-state index in [4.69, 9.17) is 23.2 Å². The Balaban J connectivity index is 2.22. The van der Waals surface area contributed by atoms with Crippen molar-refractivity contribution in [1.82, 2.24) is 10.2 Å². The van der Waals surface area contributed by atoms with Crippen molar-refractivity contribution >= 4 is 35.0 Å². The van der Waals surface area contributed by atoms with Crippen LogP contribution in [-0.2, 0) is 22.6 Å². The first kappa shape index (κ1) is 23.2. The predicted molar refractivity (Wildman–Crippen MR) is 119 cm³/mol. The average molecular weight is 435 g/mol. The fraction of sp³-hybridized carbons (Fsp3) is 0.391. The fourth-order valence-electron chi connectivity index (χ4n) is 3.18. The second-order valence-corrected chi connectivity index (χ2v) is 7.73. The van der Waals surface area contributed by atoms with Crippen LogP contribution in [0.3, 0.4) is 0 Å². The van der Waals surface area contributed by atoms with Crippen molar-refractivity contribution in [1.29, 1.82) is 0 Å². The van der Waals surface area contributed by atoms with Gasteiger partial charge in [0.25, 0.3) is 0 Å². The van der Waals surface area contributed by atoms with Gasteiger partial charge in [0.15, 0.2) is 0 Å². The summed E-state index contributed by atoms with van der Waals surface area (Å²) in [5.74, 6) is -0.226. The second kappa shape index (κ2) is 11.8. The zero-order valence-corrected chi connectivity index (χ0v) is 18.5. The second-order valence-electron chi connectivity index (χ2n) is 6.92. The Morgan fingerprint density at radius 3 is 2.10 bits per heavy atom.